The Labute approximate surface area is 88.6 Å². The van der Waals surface area contributed by atoms with Gasteiger partial charge in [-0.3, -0.25) is 4.79 Å². The summed E-state index contributed by atoms with van der Waals surface area (Å²) in [4.78, 5) is 21.5. The molecule has 0 aromatic carbocycles. The second-order valence-electron chi connectivity index (χ2n) is 3.94. The van der Waals surface area contributed by atoms with E-state index in [9.17, 15) is 9.59 Å². The van der Waals surface area contributed by atoms with E-state index in [1.807, 2.05) is 20.8 Å². The highest BCUT2D eigenvalue weighted by Crippen LogP contribution is 2.23. The van der Waals surface area contributed by atoms with E-state index < -0.39 is 18.0 Å². The van der Waals surface area contributed by atoms with Crippen molar-refractivity contribution in [2.75, 3.05) is 5.75 Å². The third-order valence-electron chi connectivity index (χ3n) is 1.24. The molecule has 0 rings (SSSR count). The molecule has 0 unspecified atom stereocenters. The predicted molar refractivity (Wildman–Crippen MR) is 57.0 cm³/mol. The molecule has 2 N–H and O–H groups in total. The lowest BCUT2D eigenvalue weighted by Crippen LogP contribution is -2.36. The average molecular weight is 219 g/mol. The molecule has 82 valence electrons. The van der Waals surface area contributed by atoms with E-state index in [1.54, 1.807) is 11.8 Å². The number of hydrogen-bond donors (Lipinski definition) is 1. The summed E-state index contributed by atoms with van der Waals surface area (Å²) in [5, 5.41) is 0. The molecule has 0 saturated carbocycles. The van der Waals surface area contributed by atoms with E-state index >= 15 is 0 Å². The molecular weight excluding hydrogens is 202 g/mol. The molecule has 0 aromatic heterocycles. The first kappa shape index (κ1) is 13.4. The van der Waals surface area contributed by atoms with Gasteiger partial charge in [0.2, 0.25) is 0 Å². The lowest BCUT2D eigenvalue weighted by Gasteiger charge is -2.19. The summed E-state index contributed by atoms with van der Waals surface area (Å²) in [7, 11) is 0. The standard InChI is InChI=1S/C9H17NO3S/c1-6(11)13-8(12)7(10)5-14-9(2,3)4/h7H,5,10H2,1-4H3/t7-/m0/s1. The highest BCUT2D eigenvalue weighted by molar-refractivity contribution is 8.00. The van der Waals surface area contributed by atoms with E-state index in [2.05, 4.69) is 4.74 Å². The maximum atomic E-state index is 11.1. The SMILES string of the molecule is CC(=O)OC(=O)[C@@H](N)CSC(C)(C)C. The highest BCUT2D eigenvalue weighted by atomic mass is 32.2. The second-order valence-corrected chi connectivity index (χ2v) is 5.79. The molecule has 0 heterocycles. The Bertz CT molecular complexity index is 223. The molecule has 0 amide bonds. The van der Waals surface area contributed by atoms with Crippen LogP contribution in [0.25, 0.3) is 0 Å². The Morgan fingerprint density at radius 1 is 1.43 bits per heavy atom. The van der Waals surface area contributed by atoms with Crippen molar-refractivity contribution in [2.45, 2.75) is 38.5 Å². The Kier molecular flexibility index (Phi) is 5.15. The maximum Gasteiger partial charge on any atom is 0.331 e. The molecule has 0 aromatic rings. The summed E-state index contributed by atoms with van der Waals surface area (Å²) in [5.74, 6) is -0.823. The van der Waals surface area contributed by atoms with Crippen molar-refractivity contribution in [1.82, 2.24) is 0 Å². The first-order chi connectivity index (χ1) is 6.22. The number of rotatable bonds is 3. The quantitative estimate of drug-likeness (QED) is 0.565. The number of esters is 2. The largest absolute Gasteiger partial charge is 0.392 e. The smallest absolute Gasteiger partial charge is 0.331 e. The molecule has 1 atom stereocenters. The molecule has 0 aliphatic rings. The summed E-state index contributed by atoms with van der Waals surface area (Å²) in [5.41, 5.74) is 5.53. The van der Waals surface area contributed by atoms with Crippen LogP contribution in [0.5, 0.6) is 0 Å². The summed E-state index contributed by atoms with van der Waals surface area (Å²) in [6.45, 7) is 7.27. The monoisotopic (exact) mass is 219 g/mol. The van der Waals surface area contributed by atoms with Gasteiger partial charge in [0.1, 0.15) is 6.04 Å². The Balaban J connectivity index is 3.90. The third kappa shape index (κ3) is 6.91. The predicted octanol–water partition coefficient (Wildman–Crippen LogP) is 0.935. The Morgan fingerprint density at radius 2 is 1.93 bits per heavy atom. The van der Waals surface area contributed by atoms with Crippen molar-refractivity contribution < 1.29 is 14.3 Å². The second kappa shape index (κ2) is 5.36. The number of thioether (sulfide) groups is 1. The van der Waals surface area contributed by atoms with Gasteiger partial charge >= 0.3 is 11.9 Å². The van der Waals surface area contributed by atoms with Gasteiger partial charge in [-0.2, -0.15) is 11.8 Å². The summed E-state index contributed by atoms with van der Waals surface area (Å²) in [6, 6.07) is -0.733. The molecule has 14 heavy (non-hydrogen) atoms. The minimum atomic E-state index is -0.733. The van der Waals surface area contributed by atoms with Crippen LogP contribution in [0.1, 0.15) is 27.7 Å². The van der Waals surface area contributed by atoms with Crippen LogP contribution in [0.4, 0.5) is 0 Å². The minimum absolute atomic E-state index is 0.0497. The molecule has 0 spiro atoms. The lowest BCUT2D eigenvalue weighted by molar-refractivity contribution is -0.158. The van der Waals surface area contributed by atoms with Gasteiger partial charge in [0.25, 0.3) is 0 Å². The number of ether oxygens (including phenoxy) is 1. The summed E-state index contributed by atoms with van der Waals surface area (Å²) >= 11 is 1.56. The zero-order valence-electron chi connectivity index (χ0n) is 8.99. The molecule has 0 saturated heterocycles. The van der Waals surface area contributed by atoms with Gasteiger partial charge < -0.3 is 10.5 Å². The van der Waals surface area contributed by atoms with Crippen LogP contribution in [-0.4, -0.2) is 28.5 Å². The highest BCUT2D eigenvalue weighted by Gasteiger charge is 2.20. The zero-order valence-corrected chi connectivity index (χ0v) is 9.81. The average Bonchev–Trinajstić information content (AvgIpc) is 1.97. The van der Waals surface area contributed by atoms with Crippen LogP contribution in [0.2, 0.25) is 0 Å². The van der Waals surface area contributed by atoms with Crippen LogP contribution in [-0.2, 0) is 14.3 Å². The first-order valence-corrected chi connectivity index (χ1v) is 5.33. The molecule has 0 fully saturated rings. The van der Waals surface area contributed by atoms with E-state index in [1.165, 1.54) is 6.92 Å². The van der Waals surface area contributed by atoms with Gasteiger partial charge in [0, 0.05) is 17.4 Å². The number of carbonyl (C=O) groups excluding carboxylic acids is 2. The molecule has 5 heteroatoms. The fraction of sp³-hybridized carbons (Fsp3) is 0.778. The van der Waals surface area contributed by atoms with Crippen LogP contribution in [0.15, 0.2) is 0 Å². The molecule has 0 aliphatic carbocycles. The number of hydrogen-bond acceptors (Lipinski definition) is 5. The zero-order chi connectivity index (χ0) is 11.4. The number of nitrogens with two attached hydrogens (primary N) is 1. The van der Waals surface area contributed by atoms with Crippen molar-refractivity contribution in [3.63, 3.8) is 0 Å². The lowest BCUT2D eigenvalue weighted by atomic mass is 10.3. The fourth-order valence-electron chi connectivity index (χ4n) is 0.625. The Morgan fingerprint density at radius 3 is 2.29 bits per heavy atom. The fourth-order valence-corrected chi connectivity index (χ4v) is 1.44. The topological polar surface area (TPSA) is 69.4 Å². The van der Waals surface area contributed by atoms with E-state index in [4.69, 9.17) is 5.73 Å². The van der Waals surface area contributed by atoms with E-state index in [-0.39, 0.29) is 4.75 Å². The third-order valence-corrected chi connectivity index (χ3v) is 2.63. The molecular formula is C9H17NO3S. The molecule has 0 aliphatic heterocycles. The number of carbonyl (C=O) groups is 2. The van der Waals surface area contributed by atoms with Crippen LogP contribution < -0.4 is 5.73 Å². The minimum Gasteiger partial charge on any atom is -0.392 e. The van der Waals surface area contributed by atoms with Gasteiger partial charge in [-0.25, -0.2) is 4.79 Å². The van der Waals surface area contributed by atoms with Crippen molar-refractivity contribution in [3.8, 4) is 0 Å². The summed E-state index contributed by atoms with van der Waals surface area (Å²) in [6.07, 6.45) is 0. The van der Waals surface area contributed by atoms with Crippen molar-refractivity contribution in [2.24, 2.45) is 5.73 Å². The van der Waals surface area contributed by atoms with Crippen molar-refractivity contribution in [3.05, 3.63) is 0 Å². The van der Waals surface area contributed by atoms with Gasteiger partial charge in [0.05, 0.1) is 0 Å². The van der Waals surface area contributed by atoms with Gasteiger partial charge in [-0.1, -0.05) is 20.8 Å². The molecule has 4 nitrogen and oxygen atoms in total. The first-order valence-electron chi connectivity index (χ1n) is 4.34. The van der Waals surface area contributed by atoms with Crippen LogP contribution in [0, 0.1) is 0 Å². The van der Waals surface area contributed by atoms with Gasteiger partial charge in [-0.05, 0) is 0 Å². The van der Waals surface area contributed by atoms with E-state index in [0.29, 0.717) is 5.75 Å². The molecule has 0 radical (unpaired) electrons. The van der Waals surface area contributed by atoms with Crippen LogP contribution in [0.3, 0.4) is 0 Å². The van der Waals surface area contributed by atoms with Crippen molar-refractivity contribution >= 4 is 23.7 Å². The maximum absolute atomic E-state index is 11.1. The van der Waals surface area contributed by atoms with Gasteiger partial charge in [0.15, 0.2) is 0 Å². The normalized spacial score (nSPS) is 13.5. The Hall–Kier alpha value is -0.550. The van der Waals surface area contributed by atoms with Crippen LogP contribution >= 0.6 is 11.8 Å². The summed E-state index contributed by atoms with van der Waals surface area (Å²) < 4.78 is 4.41. The van der Waals surface area contributed by atoms with Crippen molar-refractivity contribution in [1.29, 1.82) is 0 Å². The molecule has 0 bridgehead atoms. The van der Waals surface area contributed by atoms with Gasteiger partial charge in [-0.15, -0.1) is 0 Å². The van der Waals surface area contributed by atoms with E-state index in [0.717, 1.165) is 0 Å².